The minimum atomic E-state index is -0.929. The fourth-order valence-corrected chi connectivity index (χ4v) is 1.89. The van der Waals surface area contributed by atoms with Crippen molar-refractivity contribution in [2.75, 3.05) is 7.11 Å². The van der Waals surface area contributed by atoms with Crippen LogP contribution in [0.5, 0.6) is 5.75 Å². The normalized spacial score (nSPS) is 15.4. The first-order valence-corrected chi connectivity index (χ1v) is 5.84. The Balaban J connectivity index is 2.06. The number of aromatic carboxylic acids is 1. The largest absolute Gasteiger partial charge is 0.496 e. The molecule has 0 aromatic heterocycles. The summed E-state index contributed by atoms with van der Waals surface area (Å²) < 4.78 is 5.22. The van der Waals surface area contributed by atoms with E-state index in [0.29, 0.717) is 11.8 Å². The van der Waals surface area contributed by atoms with Crippen LogP contribution in [0.3, 0.4) is 0 Å². The van der Waals surface area contributed by atoms with Crippen molar-refractivity contribution in [2.45, 2.75) is 31.8 Å². The van der Waals surface area contributed by atoms with Crippen molar-refractivity contribution < 1.29 is 14.6 Å². The quantitative estimate of drug-likeness (QED) is 0.820. The monoisotopic (exact) mass is 235 g/mol. The zero-order valence-electron chi connectivity index (χ0n) is 9.90. The molecule has 0 radical (unpaired) electrons. The molecule has 0 spiro atoms. The Morgan fingerprint density at radius 1 is 1.53 bits per heavy atom. The Bertz CT molecular complexity index is 413. The molecular weight excluding hydrogens is 218 g/mol. The molecule has 2 N–H and O–H groups in total. The number of hydrogen-bond acceptors (Lipinski definition) is 3. The first-order valence-electron chi connectivity index (χ1n) is 5.84. The van der Waals surface area contributed by atoms with Gasteiger partial charge >= 0.3 is 5.97 Å². The van der Waals surface area contributed by atoms with Crippen LogP contribution in [0.15, 0.2) is 18.2 Å². The number of rotatable bonds is 5. The topological polar surface area (TPSA) is 58.6 Å². The highest BCUT2D eigenvalue weighted by Crippen LogP contribution is 2.23. The van der Waals surface area contributed by atoms with Gasteiger partial charge in [-0.25, -0.2) is 4.79 Å². The second-order valence-corrected chi connectivity index (χ2v) is 4.34. The molecule has 1 aliphatic rings. The number of carbonyl (C=O) groups is 1. The van der Waals surface area contributed by atoms with Crippen LogP contribution in [0.25, 0.3) is 0 Å². The summed E-state index contributed by atoms with van der Waals surface area (Å²) in [4.78, 5) is 10.8. The summed E-state index contributed by atoms with van der Waals surface area (Å²) in [5.41, 5.74) is 1.26. The van der Waals surface area contributed by atoms with E-state index in [1.54, 1.807) is 19.2 Å². The summed E-state index contributed by atoms with van der Waals surface area (Å²) in [7, 11) is 1.56. The molecule has 1 aliphatic carbocycles. The fourth-order valence-electron chi connectivity index (χ4n) is 1.89. The Hall–Kier alpha value is -1.55. The molecule has 1 aromatic rings. The number of benzene rings is 1. The molecule has 4 nitrogen and oxygen atoms in total. The van der Waals surface area contributed by atoms with Crippen LogP contribution in [0.2, 0.25) is 0 Å². The summed E-state index contributed by atoms with van der Waals surface area (Å²) in [6.45, 7) is 0.730. The number of carboxylic acid groups (broad SMARTS) is 1. The van der Waals surface area contributed by atoms with Gasteiger partial charge in [-0.15, -0.1) is 0 Å². The van der Waals surface area contributed by atoms with Crippen LogP contribution in [-0.4, -0.2) is 24.2 Å². The Kier molecular flexibility index (Phi) is 3.64. The van der Waals surface area contributed by atoms with Crippen molar-refractivity contribution in [3.8, 4) is 5.75 Å². The summed E-state index contributed by atoms with van der Waals surface area (Å²) in [5.74, 6) is -0.293. The van der Waals surface area contributed by atoms with Crippen molar-refractivity contribution in [1.29, 1.82) is 0 Å². The molecule has 4 heteroatoms. The van der Waals surface area contributed by atoms with Crippen LogP contribution in [-0.2, 0) is 6.54 Å². The predicted molar refractivity (Wildman–Crippen MR) is 64.4 cm³/mol. The summed E-state index contributed by atoms with van der Waals surface area (Å²) in [6, 6.07) is 5.61. The average Bonchev–Trinajstić information content (AvgIpc) is 2.27. The third-order valence-electron chi connectivity index (χ3n) is 3.22. The van der Waals surface area contributed by atoms with Gasteiger partial charge in [-0.3, -0.25) is 0 Å². The highest BCUT2D eigenvalue weighted by molar-refractivity contribution is 5.88. The third kappa shape index (κ3) is 2.77. The van der Waals surface area contributed by atoms with E-state index < -0.39 is 5.97 Å². The first-order chi connectivity index (χ1) is 8.20. The van der Waals surface area contributed by atoms with Crippen LogP contribution in [0, 0.1) is 0 Å². The van der Waals surface area contributed by atoms with E-state index in [4.69, 9.17) is 9.84 Å². The standard InChI is InChI=1S/C13H17NO3/c1-17-12-7-9(13(15)16)5-6-10(12)8-14-11-3-2-4-11/h5-7,11,14H,2-4,8H2,1H3,(H,15,16). The van der Waals surface area contributed by atoms with Crippen molar-refractivity contribution in [3.63, 3.8) is 0 Å². The summed E-state index contributed by atoms with van der Waals surface area (Å²) in [6.07, 6.45) is 3.76. The van der Waals surface area contributed by atoms with Crippen LogP contribution in [0.1, 0.15) is 35.2 Å². The molecular formula is C13H17NO3. The molecule has 0 amide bonds. The molecule has 17 heavy (non-hydrogen) atoms. The van der Waals surface area contributed by atoms with Gasteiger partial charge in [0.1, 0.15) is 5.75 Å². The molecule has 1 aromatic carbocycles. The van der Waals surface area contributed by atoms with Gasteiger partial charge in [0.15, 0.2) is 0 Å². The van der Waals surface area contributed by atoms with Gasteiger partial charge < -0.3 is 15.2 Å². The van der Waals surface area contributed by atoms with Crippen molar-refractivity contribution in [1.82, 2.24) is 5.32 Å². The molecule has 1 fully saturated rings. The molecule has 0 atom stereocenters. The second-order valence-electron chi connectivity index (χ2n) is 4.34. The average molecular weight is 235 g/mol. The maximum Gasteiger partial charge on any atom is 0.335 e. The fraction of sp³-hybridized carbons (Fsp3) is 0.462. The van der Waals surface area contributed by atoms with Gasteiger partial charge in [-0.2, -0.15) is 0 Å². The zero-order chi connectivity index (χ0) is 12.3. The van der Waals surface area contributed by atoms with Crippen LogP contribution in [0.4, 0.5) is 0 Å². The Morgan fingerprint density at radius 2 is 2.29 bits per heavy atom. The molecule has 2 rings (SSSR count). The molecule has 0 saturated heterocycles. The Labute approximate surface area is 101 Å². The predicted octanol–water partition coefficient (Wildman–Crippen LogP) is 2.04. The lowest BCUT2D eigenvalue weighted by Gasteiger charge is -2.26. The summed E-state index contributed by atoms with van der Waals surface area (Å²) in [5, 5.41) is 12.3. The third-order valence-corrected chi connectivity index (χ3v) is 3.22. The number of ether oxygens (including phenoxy) is 1. The van der Waals surface area contributed by atoms with Gasteiger partial charge in [0, 0.05) is 18.2 Å². The molecule has 0 heterocycles. The minimum Gasteiger partial charge on any atom is -0.496 e. The lowest BCUT2D eigenvalue weighted by molar-refractivity contribution is 0.0696. The van der Waals surface area contributed by atoms with E-state index in [1.807, 2.05) is 6.07 Å². The smallest absolute Gasteiger partial charge is 0.335 e. The van der Waals surface area contributed by atoms with Crippen molar-refractivity contribution in [3.05, 3.63) is 29.3 Å². The van der Waals surface area contributed by atoms with E-state index >= 15 is 0 Å². The zero-order valence-corrected chi connectivity index (χ0v) is 9.90. The number of nitrogens with one attached hydrogen (secondary N) is 1. The van der Waals surface area contributed by atoms with Crippen LogP contribution >= 0.6 is 0 Å². The van der Waals surface area contributed by atoms with Gasteiger partial charge in [0.05, 0.1) is 12.7 Å². The molecule has 0 unspecified atom stereocenters. The number of carboxylic acids is 1. The highest BCUT2D eigenvalue weighted by atomic mass is 16.5. The maximum atomic E-state index is 10.8. The van der Waals surface area contributed by atoms with Crippen molar-refractivity contribution in [2.24, 2.45) is 0 Å². The molecule has 92 valence electrons. The number of methoxy groups -OCH3 is 1. The van der Waals surface area contributed by atoms with E-state index in [2.05, 4.69) is 5.32 Å². The second kappa shape index (κ2) is 5.19. The van der Waals surface area contributed by atoms with E-state index in [1.165, 1.54) is 19.3 Å². The first kappa shape index (κ1) is 11.9. The van der Waals surface area contributed by atoms with Gasteiger partial charge in [-0.05, 0) is 25.0 Å². The molecule has 0 bridgehead atoms. The summed E-state index contributed by atoms with van der Waals surface area (Å²) >= 11 is 0. The lowest BCUT2D eigenvalue weighted by atomic mass is 9.93. The molecule has 0 aliphatic heterocycles. The Morgan fingerprint density at radius 3 is 2.82 bits per heavy atom. The van der Waals surface area contributed by atoms with Crippen LogP contribution < -0.4 is 10.1 Å². The minimum absolute atomic E-state index is 0.259. The molecule has 1 saturated carbocycles. The van der Waals surface area contributed by atoms with Gasteiger partial charge in [0.2, 0.25) is 0 Å². The van der Waals surface area contributed by atoms with E-state index in [0.717, 1.165) is 12.1 Å². The van der Waals surface area contributed by atoms with Gasteiger partial charge in [0.25, 0.3) is 0 Å². The van der Waals surface area contributed by atoms with Gasteiger partial charge in [-0.1, -0.05) is 12.5 Å². The van der Waals surface area contributed by atoms with E-state index in [-0.39, 0.29) is 5.56 Å². The maximum absolute atomic E-state index is 10.8. The highest BCUT2D eigenvalue weighted by Gasteiger charge is 2.17. The number of hydrogen-bond donors (Lipinski definition) is 2. The van der Waals surface area contributed by atoms with Crippen molar-refractivity contribution >= 4 is 5.97 Å². The SMILES string of the molecule is COc1cc(C(=O)O)ccc1CNC1CCC1. The van der Waals surface area contributed by atoms with E-state index in [9.17, 15) is 4.79 Å². The lowest BCUT2D eigenvalue weighted by Crippen LogP contribution is -2.34.